The van der Waals surface area contributed by atoms with Gasteiger partial charge < -0.3 is 24.8 Å². The fraction of sp³-hybridized carbons (Fsp3) is 0.444. The van der Waals surface area contributed by atoms with E-state index in [0.717, 1.165) is 11.1 Å². The summed E-state index contributed by atoms with van der Waals surface area (Å²) in [5, 5.41) is 12.1. The monoisotopic (exact) mass is 478 g/mol. The van der Waals surface area contributed by atoms with Crippen molar-refractivity contribution in [3.05, 3.63) is 59.7 Å². The van der Waals surface area contributed by atoms with Gasteiger partial charge in [0.2, 0.25) is 0 Å². The Bertz CT molecular complexity index is 1070. The second kappa shape index (κ2) is 10.1. The number of carboxylic acids is 1. The SMILES string of the molecule is O=C(NC[C@H]1CCO[C@H]1C(=O)N1CCCC(C(=O)O)C1)OCC1c2ccccc2-c2ccccc21. The molecule has 0 spiro atoms. The molecule has 0 saturated carbocycles. The number of hydrogen-bond acceptors (Lipinski definition) is 5. The molecule has 2 aromatic carbocycles. The highest BCUT2D eigenvalue weighted by Crippen LogP contribution is 2.44. The highest BCUT2D eigenvalue weighted by molar-refractivity contribution is 5.83. The van der Waals surface area contributed by atoms with Crippen LogP contribution in [0.1, 0.15) is 36.3 Å². The molecule has 8 nitrogen and oxygen atoms in total. The number of nitrogens with one attached hydrogen (secondary N) is 1. The van der Waals surface area contributed by atoms with Crippen LogP contribution in [-0.2, 0) is 19.1 Å². The Kier molecular flexibility index (Phi) is 6.72. The van der Waals surface area contributed by atoms with Gasteiger partial charge in [0, 0.05) is 38.1 Å². The van der Waals surface area contributed by atoms with Crippen molar-refractivity contribution in [2.75, 3.05) is 32.8 Å². The maximum Gasteiger partial charge on any atom is 0.407 e. The van der Waals surface area contributed by atoms with Gasteiger partial charge in [-0.25, -0.2) is 4.79 Å². The molecule has 184 valence electrons. The molecule has 3 aliphatic rings. The standard InChI is InChI=1S/C27H30N2O6/c30-25(29-12-5-6-18(15-29)26(31)32)24-17(11-13-34-24)14-28-27(33)35-16-23-21-9-3-1-7-19(21)20-8-2-4-10-22(20)23/h1-4,7-10,17-18,23-24H,5-6,11-16H2,(H,28,33)(H,31,32)/t17-,18?,24-/m1/s1. The predicted octanol–water partition coefficient (Wildman–Crippen LogP) is 3.25. The quantitative estimate of drug-likeness (QED) is 0.660. The minimum atomic E-state index is -0.872. The molecular weight excluding hydrogens is 448 g/mol. The van der Waals surface area contributed by atoms with E-state index in [1.54, 1.807) is 4.90 Å². The lowest BCUT2D eigenvalue weighted by atomic mass is 9.95. The number of aliphatic carboxylic acids is 1. The van der Waals surface area contributed by atoms with Crippen molar-refractivity contribution in [2.45, 2.75) is 31.3 Å². The number of amides is 2. The van der Waals surface area contributed by atoms with Gasteiger partial charge in [0.25, 0.3) is 5.91 Å². The zero-order chi connectivity index (χ0) is 24.4. The van der Waals surface area contributed by atoms with Crippen LogP contribution in [0.15, 0.2) is 48.5 Å². The van der Waals surface area contributed by atoms with Gasteiger partial charge in [-0.15, -0.1) is 0 Å². The molecule has 0 radical (unpaired) electrons. The lowest BCUT2D eigenvalue weighted by Crippen LogP contribution is -2.49. The largest absolute Gasteiger partial charge is 0.481 e. The van der Waals surface area contributed by atoms with E-state index in [9.17, 15) is 19.5 Å². The number of carboxylic acid groups (broad SMARTS) is 1. The molecule has 1 aliphatic carbocycles. The number of fused-ring (bicyclic) bond motifs is 3. The summed E-state index contributed by atoms with van der Waals surface area (Å²) in [5.74, 6) is -1.78. The maximum absolute atomic E-state index is 13.0. The molecule has 2 fully saturated rings. The van der Waals surface area contributed by atoms with E-state index in [0.29, 0.717) is 32.4 Å². The topological polar surface area (TPSA) is 105 Å². The fourth-order valence-electron chi connectivity index (χ4n) is 5.54. The number of carbonyl (C=O) groups excluding carboxylic acids is 2. The van der Waals surface area contributed by atoms with Crippen molar-refractivity contribution in [2.24, 2.45) is 11.8 Å². The van der Waals surface area contributed by atoms with Crippen LogP contribution in [-0.4, -0.2) is 66.9 Å². The molecule has 2 N–H and O–H groups in total. The van der Waals surface area contributed by atoms with E-state index in [-0.39, 0.29) is 37.4 Å². The molecule has 1 unspecified atom stereocenters. The Balaban J connectivity index is 1.15. The Hall–Kier alpha value is -3.39. The van der Waals surface area contributed by atoms with E-state index in [1.165, 1.54) is 11.1 Å². The minimum absolute atomic E-state index is 0.0152. The number of nitrogens with zero attached hydrogens (tertiary/aromatic N) is 1. The summed E-state index contributed by atoms with van der Waals surface area (Å²) in [6.07, 6.45) is 0.705. The Morgan fingerprint density at radius 2 is 1.71 bits per heavy atom. The van der Waals surface area contributed by atoms with E-state index < -0.39 is 24.1 Å². The number of hydrogen-bond donors (Lipinski definition) is 2. The zero-order valence-electron chi connectivity index (χ0n) is 19.5. The second-order valence-electron chi connectivity index (χ2n) is 9.51. The molecule has 5 rings (SSSR count). The maximum atomic E-state index is 13.0. The number of piperidine rings is 1. The van der Waals surface area contributed by atoms with Gasteiger partial charge in [-0.1, -0.05) is 48.5 Å². The van der Waals surface area contributed by atoms with E-state index >= 15 is 0 Å². The van der Waals surface area contributed by atoms with Crippen LogP contribution in [0.3, 0.4) is 0 Å². The Morgan fingerprint density at radius 1 is 1.03 bits per heavy atom. The summed E-state index contributed by atoms with van der Waals surface area (Å²) in [7, 11) is 0. The summed E-state index contributed by atoms with van der Waals surface area (Å²) >= 11 is 0. The first kappa shape index (κ1) is 23.4. The number of benzene rings is 2. The lowest BCUT2D eigenvalue weighted by molar-refractivity contribution is -0.149. The third-order valence-electron chi connectivity index (χ3n) is 7.39. The van der Waals surface area contributed by atoms with Gasteiger partial charge in [0.15, 0.2) is 0 Å². The van der Waals surface area contributed by atoms with Crippen molar-refractivity contribution in [3.8, 4) is 11.1 Å². The summed E-state index contributed by atoms with van der Waals surface area (Å²) in [6.45, 7) is 1.68. The van der Waals surface area contributed by atoms with Crippen molar-refractivity contribution in [3.63, 3.8) is 0 Å². The van der Waals surface area contributed by atoms with Crippen LogP contribution in [0.4, 0.5) is 4.79 Å². The molecule has 0 bridgehead atoms. The number of ether oxygens (including phenoxy) is 2. The highest BCUT2D eigenvalue weighted by Gasteiger charge is 2.39. The van der Waals surface area contributed by atoms with E-state index in [4.69, 9.17) is 9.47 Å². The number of carbonyl (C=O) groups is 3. The van der Waals surface area contributed by atoms with Crippen LogP contribution in [0.25, 0.3) is 11.1 Å². The molecule has 3 atom stereocenters. The summed E-state index contributed by atoms with van der Waals surface area (Å²) in [5.41, 5.74) is 4.64. The first-order valence-electron chi connectivity index (χ1n) is 12.2. The number of rotatable bonds is 6. The van der Waals surface area contributed by atoms with Crippen LogP contribution in [0, 0.1) is 11.8 Å². The predicted molar refractivity (Wildman–Crippen MR) is 128 cm³/mol. The van der Waals surface area contributed by atoms with Gasteiger partial charge in [-0.05, 0) is 41.5 Å². The van der Waals surface area contributed by atoms with Gasteiger partial charge >= 0.3 is 12.1 Å². The van der Waals surface area contributed by atoms with Gasteiger partial charge in [-0.3, -0.25) is 9.59 Å². The highest BCUT2D eigenvalue weighted by atomic mass is 16.5. The van der Waals surface area contributed by atoms with E-state index in [1.807, 2.05) is 24.3 Å². The summed E-state index contributed by atoms with van der Waals surface area (Å²) < 4.78 is 11.3. The number of likely N-dealkylation sites (tertiary alicyclic amines) is 1. The lowest BCUT2D eigenvalue weighted by Gasteiger charge is -2.33. The summed E-state index contributed by atoms with van der Waals surface area (Å²) in [4.78, 5) is 38.5. The van der Waals surface area contributed by atoms with Crippen LogP contribution in [0.2, 0.25) is 0 Å². The number of alkyl carbamates (subject to hydrolysis) is 1. The molecule has 35 heavy (non-hydrogen) atoms. The van der Waals surface area contributed by atoms with Crippen LogP contribution >= 0.6 is 0 Å². The summed E-state index contributed by atoms with van der Waals surface area (Å²) in [6, 6.07) is 16.3. The Morgan fingerprint density at radius 3 is 2.40 bits per heavy atom. The van der Waals surface area contributed by atoms with E-state index in [2.05, 4.69) is 29.6 Å². The molecule has 2 amide bonds. The Labute approximate surface area is 204 Å². The van der Waals surface area contributed by atoms with Crippen LogP contribution < -0.4 is 5.32 Å². The van der Waals surface area contributed by atoms with Gasteiger partial charge in [0.05, 0.1) is 5.92 Å². The minimum Gasteiger partial charge on any atom is -0.481 e. The van der Waals surface area contributed by atoms with Gasteiger partial charge in [0.1, 0.15) is 12.7 Å². The first-order valence-corrected chi connectivity index (χ1v) is 12.2. The average molecular weight is 479 g/mol. The molecule has 2 aliphatic heterocycles. The smallest absolute Gasteiger partial charge is 0.407 e. The van der Waals surface area contributed by atoms with Crippen molar-refractivity contribution >= 4 is 18.0 Å². The van der Waals surface area contributed by atoms with Crippen molar-refractivity contribution in [1.29, 1.82) is 0 Å². The average Bonchev–Trinajstić information content (AvgIpc) is 3.48. The van der Waals surface area contributed by atoms with Gasteiger partial charge in [-0.2, -0.15) is 0 Å². The van der Waals surface area contributed by atoms with Crippen molar-refractivity contribution < 1.29 is 29.0 Å². The molecule has 2 heterocycles. The third kappa shape index (κ3) is 4.75. The molecule has 2 aromatic rings. The van der Waals surface area contributed by atoms with Crippen LogP contribution in [0.5, 0.6) is 0 Å². The normalized spacial score (nSPS) is 23.4. The van der Waals surface area contributed by atoms with Crippen molar-refractivity contribution in [1.82, 2.24) is 10.2 Å². The second-order valence-corrected chi connectivity index (χ2v) is 9.51. The zero-order valence-corrected chi connectivity index (χ0v) is 19.5. The molecule has 8 heteroatoms. The third-order valence-corrected chi connectivity index (χ3v) is 7.39. The molecule has 0 aromatic heterocycles. The fourth-order valence-corrected chi connectivity index (χ4v) is 5.54. The molecule has 2 saturated heterocycles. The molecular formula is C27H30N2O6. The first-order chi connectivity index (χ1) is 17.0.